The lowest BCUT2D eigenvalue weighted by Crippen LogP contribution is -2.32. The normalized spacial score (nSPS) is 15.5. The first-order valence-electron chi connectivity index (χ1n) is 13.2. The number of fused-ring (bicyclic) bond motifs is 2. The predicted octanol–water partition coefficient (Wildman–Crippen LogP) is 3.50. The van der Waals surface area contributed by atoms with Crippen molar-refractivity contribution in [3.63, 3.8) is 0 Å². The molecule has 0 radical (unpaired) electrons. The number of hydrogen-bond donors (Lipinski definition) is 2. The Kier molecular flexibility index (Phi) is 6.28. The number of amides is 2. The van der Waals surface area contributed by atoms with Gasteiger partial charge in [-0.2, -0.15) is 10.2 Å². The molecule has 0 fully saturated rings. The van der Waals surface area contributed by atoms with E-state index >= 15 is 0 Å². The summed E-state index contributed by atoms with van der Waals surface area (Å²) >= 11 is 0. The van der Waals surface area contributed by atoms with Crippen molar-refractivity contribution in [3.05, 3.63) is 72.1 Å². The molecule has 0 saturated carbocycles. The number of nitrogens with zero attached hydrogens (tertiary/aromatic N) is 9. The molecule has 1 aliphatic heterocycles. The van der Waals surface area contributed by atoms with Crippen molar-refractivity contribution in [2.24, 2.45) is 7.05 Å². The highest BCUT2D eigenvalue weighted by atomic mass is 16.4. The average molecular weight is 555 g/mol. The van der Waals surface area contributed by atoms with Gasteiger partial charge >= 0.3 is 6.09 Å². The van der Waals surface area contributed by atoms with Gasteiger partial charge in [0.05, 0.1) is 53.3 Å². The highest BCUT2D eigenvalue weighted by Crippen LogP contribution is 2.33. The number of rotatable bonds is 4. The number of carbonyl (C=O) groups is 2. The van der Waals surface area contributed by atoms with E-state index in [1.165, 1.54) is 4.90 Å². The summed E-state index contributed by atoms with van der Waals surface area (Å²) in [5, 5.41) is 29.8. The second-order valence-electron chi connectivity index (χ2n) is 11.2. The minimum atomic E-state index is -1.02. The van der Waals surface area contributed by atoms with Crippen LogP contribution in [0.1, 0.15) is 54.8 Å². The maximum atomic E-state index is 13.2. The molecule has 13 nitrogen and oxygen atoms in total. The fraction of sp³-hybridized carbons (Fsp3) is 0.321. The van der Waals surface area contributed by atoms with Crippen molar-refractivity contribution in [1.29, 1.82) is 0 Å². The zero-order valence-electron chi connectivity index (χ0n) is 23.2. The van der Waals surface area contributed by atoms with Crippen LogP contribution in [-0.4, -0.2) is 67.9 Å². The van der Waals surface area contributed by atoms with Gasteiger partial charge in [0.2, 0.25) is 0 Å². The predicted molar refractivity (Wildman–Crippen MR) is 149 cm³/mol. The van der Waals surface area contributed by atoms with Gasteiger partial charge in [0, 0.05) is 37.5 Å². The van der Waals surface area contributed by atoms with E-state index in [0.29, 0.717) is 17.8 Å². The lowest BCUT2D eigenvalue weighted by Gasteiger charge is -2.19. The molecule has 13 heteroatoms. The lowest BCUT2D eigenvalue weighted by molar-refractivity contribution is 0.0928. The van der Waals surface area contributed by atoms with Gasteiger partial charge in [-0.25, -0.2) is 19.0 Å². The summed E-state index contributed by atoms with van der Waals surface area (Å²) in [6.07, 6.45) is 8.22. The SMILES string of the molecule is Cn1cc(-c2cn3nccc3c(-c3ccc4c(c3)CN(C(=O)O)CCC4NC(=O)c3cn(C(C)(C)C)nn3)n2)cn1. The molecule has 41 heavy (non-hydrogen) atoms. The van der Waals surface area contributed by atoms with Crippen LogP contribution < -0.4 is 5.32 Å². The number of hydrogen-bond acceptors (Lipinski definition) is 7. The van der Waals surface area contributed by atoms with Crippen LogP contribution in [0.4, 0.5) is 4.79 Å². The second kappa shape index (κ2) is 9.84. The highest BCUT2D eigenvalue weighted by Gasteiger charge is 2.28. The van der Waals surface area contributed by atoms with E-state index in [4.69, 9.17) is 4.98 Å². The first kappa shape index (κ1) is 26.2. The largest absolute Gasteiger partial charge is 0.465 e. The van der Waals surface area contributed by atoms with Crippen LogP contribution in [0.15, 0.2) is 55.2 Å². The molecular formula is C28H30N10O3. The molecule has 0 spiro atoms. The first-order valence-corrected chi connectivity index (χ1v) is 13.2. The highest BCUT2D eigenvalue weighted by molar-refractivity contribution is 5.92. The van der Waals surface area contributed by atoms with Crippen molar-refractivity contribution < 1.29 is 14.7 Å². The zero-order chi connectivity index (χ0) is 28.9. The molecular weight excluding hydrogens is 524 g/mol. The van der Waals surface area contributed by atoms with Crippen LogP contribution in [0.25, 0.3) is 28.0 Å². The standard InChI is InChI=1S/C28H30N10O3/c1-28(2,3)38-16-23(33-34-38)26(39)32-21-8-10-36(27(40)41)14-18-11-17(5-6-20(18)21)25-24-7-9-29-37(24)15-22(31-25)19-12-30-35(4)13-19/h5-7,9,11-13,15-16,21H,8,10,14H2,1-4H3,(H,32,39)(H,40,41). The minimum Gasteiger partial charge on any atom is -0.465 e. The van der Waals surface area contributed by atoms with Gasteiger partial charge < -0.3 is 15.3 Å². The van der Waals surface area contributed by atoms with Crippen LogP contribution >= 0.6 is 0 Å². The van der Waals surface area contributed by atoms with E-state index in [9.17, 15) is 14.7 Å². The summed E-state index contributed by atoms with van der Waals surface area (Å²) in [6, 6.07) is 7.32. The van der Waals surface area contributed by atoms with E-state index in [2.05, 4.69) is 25.8 Å². The molecule has 0 aliphatic carbocycles. The Morgan fingerprint density at radius 3 is 2.61 bits per heavy atom. The van der Waals surface area contributed by atoms with E-state index in [1.807, 2.05) is 64.5 Å². The molecule has 1 aromatic carbocycles. The average Bonchev–Trinajstić information content (AvgIpc) is 3.68. The quantitative estimate of drug-likeness (QED) is 0.343. The Morgan fingerprint density at radius 1 is 1.07 bits per heavy atom. The zero-order valence-corrected chi connectivity index (χ0v) is 23.2. The number of carboxylic acid groups (broad SMARTS) is 1. The number of aromatic nitrogens is 8. The molecule has 0 saturated heterocycles. The fourth-order valence-corrected chi connectivity index (χ4v) is 5.03. The van der Waals surface area contributed by atoms with Crippen molar-refractivity contribution in [3.8, 4) is 22.5 Å². The minimum absolute atomic E-state index is 0.183. The van der Waals surface area contributed by atoms with E-state index in [0.717, 1.165) is 27.8 Å². The lowest BCUT2D eigenvalue weighted by atomic mass is 9.95. The Labute approximate surface area is 235 Å². The summed E-state index contributed by atoms with van der Waals surface area (Å²) < 4.78 is 5.13. The Morgan fingerprint density at radius 2 is 1.90 bits per heavy atom. The molecule has 1 aliphatic rings. The molecule has 1 unspecified atom stereocenters. The van der Waals surface area contributed by atoms with Crippen molar-refractivity contribution in [2.45, 2.75) is 45.3 Å². The summed E-state index contributed by atoms with van der Waals surface area (Å²) in [4.78, 5) is 31.5. The third kappa shape index (κ3) is 5.01. The smallest absolute Gasteiger partial charge is 0.407 e. The van der Waals surface area contributed by atoms with Gasteiger partial charge in [0.15, 0.2) is 5.69 Å². The molecule has 1 atom stereocenters. The van der Waals surface area contributed by atoms with Gasteiger partial charge in [-0.15, -0.1) is 5.10 Å². The summed E-state index contributed by atoms with van der Waals surface area (Å²) in [5.74, 6) is -0.365. The third-order valence-corrected chi connectivity index (χ3v) is 7.22. The molecule has 5 heterocycles. The fourth-order valence-electron chi connectivity index (χ4n) is 5.03. The van der Waals surface area contributed by atoms with Crippen LogP contribution in [0.5, 0.6) is 0 Å². The summed E-state index contributed by atoms with van der Waals surface area (Å²) in [7, 11) is 1.85. The second-order valence-corrected chi connectivity index (χ2v) is 11.2. The first-order chi connectivity index (χ1) is 19.6. The van der Waals surface area contributed by atoms with E-state index < -0.39 is 12.1 Å². The number of carbonyl (C=O) groups excluding carboxylic acids is 1. The third-order valence-electron chi connectivity index (χ3n) is 7.22. The molecule has 4 aromatic heterocycles. The van der Waals surface area contributed by atoms with Crippen molar-refractivity contribution in [2.75, 3.05) is 6.54 Å². The molecule has 2 amide bonds. The van der Waals surface area contributed by atoms with E-state index in [-0.39, 0.29) is 30.2 Å². The number of aryl methyl sites for hydroxylation is 1. The van der Waals surface area contributed by atoms with Gasteiger partial charge in [-0.1, -0.05) is 17.3 Å². The molecule has 210 valence electrons. The molecule has 5 aromatic rings. The summed E-state index contributed by atoms with van der Waals surface area (Å²) in [6.45, 7) is 6.37. The van der Waals surface area contributed by atoms with Crippen LogP contribution in [-0.2, 0) is 19.1 Å². The Hall–Kier alpha value is -5.07. The van der Waals surface area contributed by atoms with Crippen LogP contribution in [0.3, 0.4) is 0 Å². The topological polar surface area (TPSA) is 148 Å². The van der Waals surface area contributed by atoms with Crippen LogP contribution in [0, 0.1) is 0 Å². The molecule has 2 N–H and O–H groups in total. The van der Waals surface area contributed by atoms with E-state index in [1.54, 1.807) is 32.5 Å². The van der Waals surface area contributed by atoms with Crippen LogP contribution in [0.2, 0.25) is 0 Å². The Balaban J connectivity index is 1.38. The maximum Gasteiger partial charge on any atom is 0.407 e. The van der Waals surface area contributed by atoms with Gasteiger partial charge in [-0.3, -0.25) is 9.48 Å². The van der Waals surface area contributed by atoms with Crippen molar-refractivity contribution in [1.82, 2.24) is 49.6 Å². The maximum absolute atomic E-state index is 13.2. The molecule has 0 bridgehead atoms. The molecule has 6 rings (SSSR count). The number of benzene rings is 1. The van der Waals surface area contributed by atoms with Gasteiger partial charge in [-0.05, 0) is 50.5 Å². The van der Waals surface area contributed by atoms with Gasteiger partial charge in [0.25, 0.3) is 5.91 Å². The Bertz CT molecular complexity index is 1780. The van der Waals surface area contributed by atoms with Gasteiger partial charge in [0.1, 0.15) is 0 Å². The monoisotopic (exact) mass is 554 g/mol. The summed E-state index contributed by atoms with van der Waals surface area (Å²) in [5.41, 5.74) is 5.42. The number of nitrogens with one attached hydrogen (secondary N) is 1. The van der Waals surface area contributed by atoms with Crippen molar-refractivity contribution >= 4 is 17.5 Å².